The number of hydrogen-bond acceptors (Lipinski definition) is 6. The molecule has 0 saturated carbocycles. The number of carbonyl (C=O) groups is 2. The van der Waals surface area contributed by atoms with Crippen LogP contribution in [0.2, 0.25) is 0 Å². The quantitative estimate of drug-likeness (QED) is 0.476. The van der Waals surface area contributed by atoms with Crippen molar-refractivity contribution >= 4 is 11.9 Å². The molecule has 0 radical (unpaired) electrons. The number of aliphatic hydroxyl groups is 2. The van der Waals surface area contributed by atoms with Crippen LogP contribution < -0.4 is 10.2 Å². The monoisotopic (exact) mass is 288 g/mol. The second-order valence-corrected chi connectivity index (χ2v) is 5.21. The van der Waals surface area contributed by atoms with E-state index in [1.54, 1.807) is 0 Å². The van der Waals surface area contributed by atoms with Gasteiger partial charge in [0.25, 0.3) is 0 Å². The summed E-state index contributed by atoms with van der Waals surface area (Å²) in [5, 5.41) is 42.7. The lowest BCUT2D eigenvalue weighted by Gasteiger charge is -2.45. The predicted molar refractivity (Wildman–Crippen MR) is 68.2 cm³/mol. The van der Waals surface area contributed by atoms with Gasteiger partial charge in [-0.15, -0.1) is 0 Å². The second kappa shape index (κ2) is 8.21. The van der Waals surface area contributed by atoms with Crippen molar-refractivity contribution in [3.63, 3.8) is 0 Å². The average Bonchev–Trinajstić information content (AvgIpc) is 2.38. The maximum atomic E-state index is 11.2. The van der Waals surface area contributed by atoms with Crippen molar-refractivity contribution in [2.75, 3.05) is 0 Å². The summed E-state index contributed by atoms with van der Waals surface area (Å²) >= 11 is 0. The number of rotatable bonds is 11. The van der Waals surface area contributed by atoms with E-state index in [9.17, 15) is 30.0 Å². The number of carbonyl (C=O) groups excluding carboxylic acids is 2. The Kier molecular flexibility index (Phi) is 7.75. The van der Waals surface area contributed by atoms with Gasteiger partial charge < -0.3 is 30.0 Å². The van der Waals surface area contributed by atoms with Crippen LogP contribution in [0.3, 0.4) is 0 Å². The number of carboxylic acids is 2. The van der Waals surface area contributed by atoms with E-state index in [-0.39, 0.29) is 25.7 Å². The molecule has 2 N–H and O–H groups in total. The third-order valence-corrected chi connectivity index (χ3v) is 3.64. The molecule has 0 amide bonds. The van der Waals surface area contributed by atoms with Gasteiger partial charge in [0.1, 0.15) is 11.2 Å². The van der Waals surface area contributed by atoms with Crippen LogP contribution in [0.15, 0.2) is 0 Å². The highest BCUT2D eigenvalue weighted by atomic mass is 16.5. The normalized spacial score (nSPS) is 17.2. The van der Waals surface area contributed by atoms with Gasteiger partial charge >= 0.3 is 0 Å². The third kappa shape index (κ3) is 4.18. The second-order valence-electron chi connectivity index (χ2n) is 5.21. The Hall–Kier alpha value is -1.14. The molecule has 0 saturated heterocycles. The summed E-state index contributed by atoms with van der Waals surface area (Å²) in [7, 11) is 0. The maximum Gasteiger partial charge on any atom is 0.138 e. The maximum absolute atomic E-state index is 11.2. The number of unbranched alkanes of at least 4 members (excludes halogenated alkanes) is 4. The summed E-state index contributed by atoms with van der Waals surface area (Å²) < 4.78 is 0. The van der Waals surface area contributed by atoms with Gasteiger partial charge in [0.05, 0.1) is 11.9 Å². The highest BCUT2D eigenvalue weighted by molar-refractivity contribution is 5.88. The Morgan fingerprint density at radius 3 is 1.30 bits per heavy atom. The molecule has 2 unspecified atom stereocenters. The molecule has 118 valence electrons. The van der Waals surface area contributed by atoms with E-state index in [1.807, 2.05) is 13.8 Å². The van der Waals surface area contributed by atoms with Gasteiger partial charge in [-0.2, -0.15) is 0 Å². The van der Waals surface area contributed by atoms with E-state index >= 15 is 0 Å². The van der Waals surface area contributed by atoms with Crippen molar-refractivity contribution in [1.29, 1.82) is 0 Å². The summed E-state index contributed by atoms with van der Waals surface area (Å²) in [5.74, 6) is -3.95. The Bertz CT molecular complexity index is 298. The smallest absolute Gasteiger partial charge is 0.138 e. The van der Waals surface area contributed by atoms with Crippen LogP contribution >= 0.6 is 0 Å². The van der Waals surface area contributed by atoms with Crippen molar-refractivity contribution < 1.29 is 30.0 Å². The van der Waals surface area contributed by atoms with E-state index in [2.05, 4.69) is 0 Å². The predicted octanol–water partition coefficient (Wildman–Crippen LogP) is -0.891. The zero-order chi connectivity index (χ0) is 15.8. The zero-order valence-corrected chi connectivity index (χ0v) is 12.2. The molecular weight excluding hydrogens is 264 g/mol. The Morgan fingerprint density at radius 2 is 1.10 bits per heavy atom. The first-order valence-corrected chi connectivity index (χ1v) is 7.14. The molecule has 0 aromatic rings. The number of hydrogen-bond donors (Lipinski definition) is 2. The van der Waals surface area contributed by atoms with Gasteiger partial charge in [0.2, 0.25) is 0 Å². The molecule has 0 aromatic carbocycles. The fourth-order valence-corrected chi connectivity index (χ4v) is 2.22. The number of carboxylic acid groups (broad SMARTS) is 2. The first-order chi connectivity index (χ1) is 9.26. The van der Waals surface area contributed by atoms with E-state index in [1.165, 1.54) is 0 Å². The average molecular weight is 288 g/mol. The molecule has 0 aliphatic carbocycles. The molecule has 0 rings (SSSR count). The SMILES string of the molecule is CCCCCC(O)(C(=O)[O-])C(O)(CCCCC)C(=O)[O-]. The molecule has 0 fully saturated rings. The van der Waals surface area contributed by atoms with Gasteiger partial charge in [-0.1, -0.05) is 52.4 Å². The number of aliphatic carboxylic acids is 2. The minimum Gasteiger partial charge on any atom is -0.547 e. The molecule has 6 nitrogen and oxygen atoms in total. The largest absolute Gasteiger partial charge is 0.547 e. The van der Waals surface area contributed by atoms with Crippen LogP contribution in [0.5, 0.6) is 0 Å². The van der Waals surface area contributed by atoms with Crippen molar-refractivity contribution in [2.24, 2.45) is 0 Å². The highest BCUT2D eigenvalue weighted by Gasteiger charge is 2.50. The van der Waals surface area contributed by atoms with Crippen LogP contribution in [0, 0.1) is 0 Å². The molecule has 0 spiro atoms. The minimum atomic E-state index is -2.82. The van der Waals surface area contributed by atoms with Crippen LogP contribution in [0.4, 0.5) is 0 Å². The lowest BCUT2D eigenvalue weighted by atomic mass is 9.75. The van der Waals surface area contributed by atoms with E-state index < -0.39 is 23.1 Å². The zero-order valence-electron chi connectivity index (χ0n) is 12.2. The Morgan fingerprint density at radius 1 is 0.800 bits per heavy atom. The summed E-state index contributed by atoms with van der Waals surface area (Å²) in [6, 6.07) is 0. The first-order valence-electron chi connectivity index (χ1n) is 7.14. The van der Waals surface area contributed by atoms with Gasteiger partial charge in [-0.05, 0) is 12.8 Å². The standard InChI is InChI=1S/C14H26O6/c1-3-5-7-9-13(19,11(15)16)14(20,12(17)18)10-8-6-4-2/h19-20H,3-10H2,1-2H3,(H,15,16)(H,17,18)/p-2. The van der Waals surface area contributed by atoms with Crippen molar-refractivity contribution in [3.05, 3.63) is 0 Å². The van der Waals surface area contributed by atoms with Gasteiger partial charge in [0, 0.05) is 0 Å². The van der Waals surface area contributed by atoms with E-state index in [0.29, 0.717) is 12.8 Å². The highest BCUT2D eigenvalue weighted by Crippen LogP contribution is 2.32. The van der Waals surface area contributed by atoms with Gasteiger partial charge in [0.15, 0.2) is 0 Å². The fourth-order valence-electron chi connectivity index (χ4n) is 2.22. The molecule has 20 heavy (non-hydrogen) atoms. The summed E-state index contributed by atoms with van der Waals surface area (Å²) in [5.41, 5.74) is -5.65. The molecule has 0 bridgehead atoms. The summed E-state index contributed by atoms with van der Waals surface area (Å²) in [6.45, 7) is 3.76. The molecule has 0 aromatic heterocycles. The van der Waals surface area contributed by atoms with Crippen LogP contribution in [0.1, 0.15) is 65.2 Å². The fraction of sp³-hybridized carbons (Fsp3) is 0.857. The molecular formula is C14H24O6-2. The molecule has 0 heterocycles. The molecule has 0 aliphatic rings. The topological polar surface area (TPSA) is 121 Å². The van der Waals surface area contributed by atoms with Crippen LogP contribution in [-0.4, -0.2) is 33.4 Å². The summed E-state index contributed by atoms with van der Waals surface area (Å²) in [6.07, 6.45) is 2.58. The van der Waals surface area contributed by atoms with Crippen LogP contribution in [-0.2, 0) is 9.59 Å². The Balaban J connectivity index is 5.21. The Labute approximate surface area is 119 Å². The van der Waals surface area contributed by atoms with Crippen molar-refractivity contribution in [1.82, 2.24) is 0 Å². The van der Waals surface area contributed by atoms with Crippen molar-refractivity contribution in [3.8, 4) is 0 Å². The third-order valence-electron chi connectivity index (χ3n) is 3.64. The molecule has 6 heteroatoms. The van der Waals surface area contributed by atoms with E-state index in [0.717, 1.165) is 12.8 Å². The van der Waals surface area contributed by atoms with Gasteiger partial charge in [-0.25, -0.2) is 0 Å². The van der Waals surface area contributed by atoms with E-state index in [4.69, 9.17) is 0 Å². The summed E-state index contributed by atoms with van der Waals surface area (Å²) in [4.78, 5) is 22.4. The molecule has 0 aliphatic heterocycles. The van der Waals surface area contributed by atoms with Gasteiger partial charge in [-0.3, -0.25) is 0 Å². The lowest BCUT2D eigenvalue weighted by Crippen LogP contribution is -2.70. The van der Waals surface area contributed by atoms with Crippen molar-refractivity contribution in [2.45, 2.75) is 76.4 Å². The van der Waals surface area contributed by atoms with Crippen LogP contribution in [0.25, 0.3) is 0 Å². The minimum absolute atomic E-state index is 0.282. The molecule has 2 atom stereocenters. The lowest BCUT2D eigenvalue weighted by molar-refractivity contribution is -0.359. The first kappa shape index (κ1) is 18.9.